The van der Waals surface area contributed by atoms with Gasteiger partial charge in [-0.2, -0.15) is 0 Å². The molecule has 0 saturated heterocycles. The zero-order chi connectivity index (χ0) is 75.2. The first-order valence-electron chi connectivity index (χ1n) is 25.1. The summed E-state index contributed by atoms with van der Waals surface area (Å²) >= 11 is 0. The van der Waals surface area contributed by atoms with Crippen LogP contribution in [0.4, 0.5) is 4.79 Å². The lowest BCUT2D eigenvalue weighted by molar-refractivity contribution is -0.138. The normalized spacial score (nSPS) is 9.41. The third-order valence-corrected chi connectivity index (χ3v) is 9.96. The van der Waals surface area contributed by atoms with E-state index in [1.54, 1.807) is 49.1 Å². The van der Waals surface area contributed by atoms with Gasteiger partial charge >= 0.3 is 12.0 Å². The van der Waals surface area contributed by atoms with Crippen molar-refractivity contribution in [2.24, 2.45) is 0 Å². The fourth-order valence-electron chi connectivity index (χ4n) is 0.125. The number of sulfonamides is 3. The van der Waals surface area contributed by atoms with E-state index in [2.05, 4.69) is 53.1 Å². The van der Waals surface area contributed by atoms with Crippen molar-refractivity contribution in [2.75, 3.05) is 188 Å². The van der Waals surface area contributed by atoms with E-state index >= 15 is 0 Å². The first-order chi connectivity index (χ1) is 37.3. The predicted octanol–water partition coefficient (Wildman–Crippen LogP) is 2.19. The standard InChI is InChI=1S/C4H9NO.C3H8N2O.2C3H9NO2S.C3H7NO.2C3H9N.2C3H8O2S.C3H6O2.2C3H6O.2C3H8.C2H7NO2S.2C2H6O2S.CH4/c1-4(6)5(2)3;1-4-3(6)5-2;2*1-4(2)7(3,5)6;1-3(5)4-2;2*1-4(2)3;2*1-3-6(2,4)5;1-3(4)5-2;2*1-3(2)4;2*1-3-2;1-3-6(2,4)5;2*1-5(2,3)4;/h1-3H3;1-2H3,(H2,4,5,6);2*1-3H3;1-2H3,(H,4,5);2*1-3H3;2*3H2,1-2H3;1-2H3;2*1-2H3;2*3H2,1-2H3;3H,1-2H3;2*1-2H3;1H4. The number of carbonyl (C=O) groups excluding carboxylic acids is 6. The molecule has 0 aromatic rings. The van der Waals surface area contributed by atoms with Crippen LogP contribution in [0, 0.1) is 0 Å². The third kappa shape index (κ3) is 615. The summed E-state index contributed by atoms with van der Waals surface area (Å²) in [6, 6.07) is -0.157. The van der Waals surface area contributed by atoms with Gasteiger partial charge in [0.2, 0.25) is 41.9 Å². The summed E-state index contributed by atoms with van der Waals surface area (Å²) < 4.78 is 148. The van der Waals surface area contributed by atoms with Crippen LogP contribution in [0.3, 0.4) is 0 Å². The molecular weight excluding hydrogens is 1290 g/mol. The van der Waals surface area contributed by atoms with Crippen molar-refractivity contribution in [3.05, 3.63) is 0 Å². The second-order valence-corrected chi connectivity index (χ2v) is 34.2. The number of esters is 1. The number of urea groups is 1. The van der Waals surface area contributed by atoms with E-state index in [0.29, 0.717) is 0 Å². The van der Waals surface area contributed by atoms with Crippen molar-refractivity contribution in [3.8, 4) is 0 Å². The maximum absolute atomic E-state index is 10.3. The number of carbonyl (C=O) groups is 6. The summed E-state index contributed by atoms with van der Waals surface area (Å²) in [6.07, 6.45) is 13.0. The number of nitrogens with one attached hydrogen (secondary N) is 4. The summed E-state index contributed by atoms with van der Waals surface area (Å²) in [5, 5.41) is 7.12. The number of ether oxygens (including phenoxy) is 1. The van der Waals surface area contributed by atoms with E-state index < -0.39 is 69.4 Å². The molecule has 4 amide bonds. The average molecular weight is 1420 g/mol. The Kier molecular flexibility index (Phi) is 129. The highest BCUT2D eigenvalue weighted by atomic mass is 32.2. The largest absolute Gasteiger partial charge is 0.469 e. The molecule has 0 aromatic carbocycles. The molecule has 4 N–H and O–H groups in total. The van der Waals surface area contributed by atoms with Crippen LogP contribution in [0.25, 0.3) is 0 Å². The third-order valence-electron chi connectivity index (χ3n) is 4.47. The number of sulfone groups is 4. The van der Waals surface area contributed by atoms with Gasteiger partial charge in [0.05, 0.1) is 25.9 Å². The van der Waals surface area contributed by atoms with E-state index in [0.717, 1.165) is 52.4 Å². The Bertz CT molecular complexity index is 2140. The molecule has 0 rings (SSSR count). The minimum atomic E-state index is -2.91. The number of methoxy groups -OCH3 is 1. The smallest absolute Gasteiger partial charge is 0.314 e. The second-order valence-electron chi connectivity index (χ2n) is 18.4. The molecular formula is C50H133N9O21S7. The van der Waals surface area contributed by atoms with Crippen LogP contribution in [0.15, 0.2) is 0 Å². The lowest BCUT2D eigenvalue weighted by Gasteiger charge is -2.02. The van der Waals surface area contributed by atoms with Crippen molar-refractivity contribution in [2.45, 2.75) is 110 Å². The molecule has 546 valence electrons. The maximum atomic E-state index is 10.3. The van der Waals surface area contributed by atoms with Gasteiger partial charge < -0.3 is 45.0 Å². The summed E-state index contributed by atoms with van der Waals surface area (Å²) in [6.45, 7) is 22.2. The van der Waals surface area contributed by atoms with Crippen molar-refractivity contribution in [3.63, 3.8) is 0 Å². The van der Waals surface area contributed by atoms with E-state index in [1.165, 1.54) is 121 Å². The Balaban J connectivity index is -0.0000000365. The van der Waals surface area contributed by atoms with Gasteiger partial charge in [0.25, 0.3) is 0 Å². The molecule has 30 nitrogen and oxygen atoms in total. The van der Waals surface area contributed by atoms with E-state index in [9.17, 15) is 87.7 Å². The molecule has 37 heteroatoms. The van der Waals surface area contributed by atoms with Crippen LogP contribution >= 0.6 is 0 Å². The van der Waals surface area contributed by atoms with Gasteiger partial charge in [-0.1, -0.05) is 61.8 Å². The molecule has 87 heavy (non-hydrogen) atoms. The minimum Gasteiger partial charge on any atom is -0.469 e. The van der Waals surface area contributed by atoms with Crippen LogP contribution in [-0.4, -0.2) is 305 Å². The van der Waals surface area contributed by atoms with Gasteiger partial charge in [-0.15, -0.1) is 0 Å². The van der Waals surface area contributed by atoms with Gasteiger partial charge in [0.1, 0.15) is 50.9 Å². The van der Waals surface area contributed by atoms with Crippen LogP contribution < -0.4 is 20.7 Å². The Labute approximate surface area is 536 Å². The summed E-state index contributed by atoms with van der Waals surface area (Å²) in [7, 11) is 9.50. The summed E-state index contributed by atoms with van der Waals surface area (Å²) in [4.78, 5) is 63.7. The minimum absolute atomic E-state index is 0. The molecule has 0 heterocycles. The quantitative estimate of drug-likeness (QED) is 0.287. The van der Waals surface area contributed by atoms with Crippen molar-refractivity contribution >= 4 is 105 Å². The second kappa shape index (κ2) is 84.5. The van der Waals surface area contributed by atoms with Gasteiger partial charge in [0, 0.05) is 133 Å². The highest BCUT2D eigenvalue weighted by Crippen LogP contribution is 1.84. The van der Waals surface area contributed by atoms with Gasteiger partial charge in [0.15, 0.2) is 0 Å². The molecule has 0 unspecified atom stereocenters. The summed E-state index contributed by atoms with van der Waals surface area (Å²) in [5.41, 5.74) is 0. The van der Waals surface area contributed by atoms with Crippen molar-refractivity contribution in [1.82, 2.24) is 44.0 Å². The van der Waals surface area contributed by atoms with Crippen molar-refractivity contribution in [1.29, 1.82) is 0 Å². The predicted molar refractivity (Wildman–Crippen MR) is 369 cm³/mol. The lowest BCUT2D eigenvalue weighted by Crippen LogP contribution is -2.28. The van der Waals surface area contributed by atoms with Gasteiger partial charge in [-0.3, -0.25) is 14.4 Å². The Morgan fingerprint density at radius 3 is 0.483 bits per heavy atom. The SMILES string of the molecule is C.CC(=O)N(C)C.CC(C)=O.CC(C)=O.CCC.CCC.CCS(C)(=O)=O.CCS(C)(=O)=O.CN(C)C.CN(C)C.CN(C)S(C)(=O)=O.CN(C)S(C)(=O)=O.CNC(=O)NC.CNC(C)=O.CNS(C)(=O)=O.COC(C)=O.CS(C)(=O)=O.CS(C)(=O)=O. The number of nitrogens with zero attached hydrogens (tertiary/aromatic N) is 5. The summed E-state index contributed by atoms with van der Waals surface area (Å²) in [5.74, 6) is 0.671. The van der Waals surface area contributed by atoms with E-state index in [-0.39, 0.29) is 54.3 Å². The number of ketones is 2. The molecule has 0 radical (unpaired) electrons. The number of rotatable bonds is 5. The highest BCUT2D eigenvalue weighted by Gasteiger charge is 2.01. The van der Waals surface area contributed by atoms with Crippen molar-refractivity contribution < 1.29 is 92.4 Å². The number of hydrogen-bond acceptors (Lipinski definition) is 23. The van der Waals surface area contributed by atoms with Gasteiger partial charge in [-0.25, -0.2) is 77.1 Å². The van der Waals surface area contributed by atoms with Crippen LogP contribution in [-0.2, 0) is 98.1 Å². The van der Waals surface area contributed by atoms with Crippen LogP contribution in [0.2, 0.25) is 0 Å². The fraction of sp³-hybridized carbons (Fsp3) is 0.880. The molecule has 0 saturated carbocycles. The van der Waals surface area contributed by atoms with E-state index in [4.69, 9.17) is 0 Å². The lowest BCUT2D eigenvalue weighted by atomic mass is 10.6. The molecule has 0 aromatic heterocycles. The highest BCUT2D eigenvalue weighted by molar-refractivity contribution is 7.91. The number of amides is 4. The van der Waals surface area contributed by atoms with Crippen LogP contribution in [0.1, 0.15) is 110 Å². The Morgan fingerprint density at radius 1 is 0.391 bits per heavy atom. The first kappa shape index (κ1) is 132. The molecule has 0 aliphatic heterocycles. The molecule has 0 fully saturated rings. The average Bonchev–Trinajstić information content (AvgIpc) is 3.25. The monoisotopic (exact) mass is 1420 g/mol. The molecule has 0 spiro atoms. The molecule has 0 aliphatic rings. The zero-order valence-corrected chi connectivity index (χ0v) is 66.2. The Morgan fingerprint density at radius 2 is 0.483 bits per heavy atom. The maximum Gasteiger partial charge on any atom is 0.314 e. The van der Waals surface area contributed by atoms with Gasteiger partial charge in [-0.05, 0) is 77.0 Å². The Hall–Kier alpha value is -3.53. The number of Topliss-reactive ketones (excluding diaryl/α,β-unsaturated/α-hetero) is 2. The molecule has 0 aliphatic carbocycles. The molecule has 0 bridgehead atoms. The molecule has 0 atom stereocenters. The zero-order valence-electron chi connectivity index (χ0n) is 60.5. The first-order valence-corrected chi connectivity index (χ1v) is 39.4. The van der Waals surface area contributed by atoms with E-state index in [1.807, 2.05) is 52.1 Å². The number of hydrogen-bond donors (Lipinski definition) is 4. The van der Waals surface area contributed by atoms with Crippen LogP contribution in [0.5, 0.6) is 0 Å². The fourth-order valence-corrected chi connectivity index (χ4v) is 0.125. The topological polar surface area (TPSA) is 415 Å².